The fourth-order valence-corrected chi connectivity index (χ4v) is 2.32. The summed E-state index contributed by atoms with van der Waals surface area (Å²) >= 11 is 0. The third kappa shape index (κ3) is 3.89. The molecule has 18 heavy (non-hydrogen) atoms. The molecule has 0 amide bonds. The summed E-state index contributed by atoms with van der Waals surface area (Å²) in [6, 6.07) is 4.82. The molecule has 1 aromatic carbocycles. The Hall–Kier alpha value is -1.27. The van der Waals surface area contributed by atoms with Gasteiger partial charge in [0.25, 0.3) is 0 Å². The van der Waals surface area contributed by atoms with Crippen LogP contribution in [0.15, 0.2) is 23.1 Å². The smallest absolute Gasteiger partial charge is 0.242 e. The van der Waals surface area contributed by atoms with E-state index in [1.165, 1.54) is 13.1 Å². The Bertz CT molecular complexity index is 519. The number of rotatable bonds is 4. The highest BCUT2D eigenvalue weighted by atomic mass is 32.2. The molecule has 0 saturated heterocycles. The molecular weight excluding hydrogens is 250 g/mol. The molecule has 0 radical (unpaired) electrons. The molecule has 0 bridgehead atoms. The molecule has 0 atom stereocenters. The van der Waals surface area contributed by atoms with Crippen molar-refractivity contribution < 1.29 is 8.42 Å². The van der Waals surface area contributed by atoms with Gasteiger partial charge in [-0.05, 0) is 30.7 Å². The highest BCUT2D eigenvalue weighted by Gasteiger charge is 2.18. The van der Waals surface area contributed by atoms with Crippen LogP contribution in [0.4, 0.5) is 11.4 Å². The predicted octanol–water partition coefficient (Wildman–Crippen LogP) is 1.63. The van der Waals surface area contributed by atoms with Crippen LogP contribution in [0.1, 0.15) is 20.8 Å². The van der Waals surface area contributed by atoms with E-state index in [0.717, 1.165) is 0 Å². The first kappa shape index (κ1) is 14.8. The van der Waals surface area contributed by atoms with Crippen molar-refractivity contribution in [3.05, 3.63) is 18.2 Å². The third-order valence-corrected chi connectivity index (χ3v) is 3.83. The molecule has 0 saturated carbocycles. The molecule has 0 aromatic heterocycles. The van der Waals surface area contributed by atoms with Gasteiger partial charge in [-0.2, -0.15) is 0 Å². The van der Waals surface area contributed by atoms with Gasteiger partial charge in [0, 0.05) is 12.2 Å². The van der Waals surface area contributed by atoms with Crippen molar-refractivity contribution in [3.63, 3.8) is 0 Å². The van der Waals surface area contributed by atoms with E-state index in [9.17, 15) is 8.42 Å². The first-order chi connectivity index (χ1) is 8.15. The second-order valence-electron chi connectivity index (χ2n) is 5.38. The first-order valence-electron chi connectivity index (χ1n) is 5.73. The van der Waals surface area contributed by atoms with Gasteiger partial charge in [0.15, 0.2) is 0 Å². The molecule has 4 N–H and O–H groups in total. The number of nitrogens with one attached hydrogen (secondary N) is 2. The maximum Gasteiger partial charge on any atom is 0.242 e. The van der Waals surface area contributed by atoms with E-state index in [-0.39, 0.29) is 10.3 Å². The van der Waals surface area contributed by atoms with Crippen LogP contribution in [0.5, 0.6) is 0 Å². The predicted molar refractivity (Wildman–Crippen MR) is 75.0 cm³/mol. The molecule has 0 heterocycles. The summed E-state index contributed by atoms with van der Waals surface area (Å²) in [5.74, 6) is 0. The maximum atomic E-state index is 11.9. The fourth-order valence-electron chi connectivity index (χ4n) is 1.38. The van der Waals surface area contributed by atoms with Gasteiger partial charge in [-0.25, -0.2) is 13.1 Å². The molecule has 1 rings (SSSR count). The monoisotopic (exact) mass is 271 g/mol. The highest BCUT2D eigenvalue weighted by Crippen LogP contribution is 2.25. The van der Waals surface area contributed by atoms with Crippen LogP contribution in [-0.4, -0.2) is 22.0 Å². The topological polar surface area (TPSA) is 84.2 Å². The lowest BCUT2D eigenvalue weighted by Crippen LogP contribution is -2.23. The Kier molecular flexibility index (Phi) is 4.24. The Balaban J connectivity index is 3.13. The van der Waals surface area contributed by atoms with Gasteiger partial charge < -0.3 is 11.1 Å². The van der Waals surface area contributed by atoms with Gasteiger partial charge in [0.05, 0.1) is 5.69 Å². The summed E-state index contributed by atoms with van der Waals surface area (Å²) in [6.07, 6.45) is 0. The normalized spacial score (nSPS) is 12.4. The molecule has 0 aliphatic rings. The van der Waals surface area contributed by atoms with E-state index in [1.807, 2.05) is 0 Å². The Morgan fingerprint density at radius 3 is 2.39 bits per heavy atom. The SMILES string of the molecule is CNS(=O)(=O)c1cc(N)ccc1NCC(C)(C)C. The van der Waals surface area contributed by atoms with Crippen LogP contribution in [0.25, 0.3) is 0 Å². The van der Waals surface area contributed by atoms with Crippen LogP contribution in [-0.2, 0) is 10.0 Å². The van der Waals surface area contributed by atoms with Gasteiger partial charge in [0.2, 0.25) is 10.0 Å². The van der Waals surface area contributed by atoms with E-state index >= 15 is 0 Å². The minimum atomic E-state index is -3.51. The van der Waals surface area contributed by atoms with Crippen LogP contribution >= 0.6 is 0 Å². The van der Waals surface area contributed by atoms with Crippen molar-refractivity contribution in [2.45, 2.75) is 25.7 Å². The van der Waals surface area contributed by atoms with Crippen LogP contribution in [0.3, 0.4) is 0 Å². The molecule has 0 unspecified atom stereocenters. The molecule has 1 aromatic rings. The van der Waals surface area contributed by atoms with Gasteiger partial charge >= 0.3 is 0 Å². The second-order valence-corrected chi connectivity index (χ2v) is 7.23. The highest BCUT2D eigenvalue weighted by molar-refractivity contribution is 7.89. The van der Waals surface area contributed by atoms with E-state index in [0.29, 0.717) is 17.9 Å². The van der Waals surface area contributed by atoms with Crippen molar-refractivity contribution in [3.8, 4) is 0 Å². The number of hydrogen-bond donors (Lipinski definition) is 3. The number of nitrogens with two attached hydrogens (primary N) is 1. The van der Waals surface area contributed by atoms with E-state index in [1.54, 1.807) is 12.1 Å². The second kappa shape index (κ2) is 5.16. The van der Waals surface area contributed by atoms with Crippen molar-refractivity contribution in [1.29, 1.82) is 0 Å². The van der Waals surface area contributed by atoms with Gasteiger partial charge in [0.1, 0.15) is 4.90 Å². The largest absolute Gasteiger partial charge is 0.399 e. The molecule has 6 heteroatoms. The third-order valence-electron chi connectivity index (χ3n) is 2.37. The van der Waals surface area contributed by atoms with E-state index in [2.05, 4.69) is 30.8 Å². The summed E-state index contributed by atoms with van der Waals surface area (Å²) in [5, 5.41) is 3.15. The van der Waals surface area contributed by atoms with Gasteiger partial charge in [-0.3, -0.25) is 0 Å². The zero-order valence-corrected chi connectivity index (χ0v) is 12.1. The van der Waals surface area contributed by atoms with E-state index < -0.39 is 10.0 Å². The molecule has 0 fully saturated rings. The Morgan fingerprint density at radius 2 is 1.89 bits per heavy atom. The van der Waals surface area contributed by atoms with Crippen molar-refractivity contribution in [2.24, 2.45) is 5.41 Å². The maximum absolute atomic E-state index is 11.9. The van der Waals surface area contributed by atoms with Crippen molar-refractivity contribution in [1.82, 2.24) is 4.72 Å². The van der Waals surface area contributed by atoms with Crippen molar-refractivity contribution >= 4 is 21.4 Å². The summed E-state index contributed by atoms with van der Waals surface area (Å²) in [5.41, 5.74) is 6.68. The lowest BCUT2D eigenvalue weighted by molar-refractivity contribution is 0.442. The van der Waals surface area contributed by atoms with Crippen LogP contribution in [0.2, 0.25) is 0 Å². The number of benzene rings is 1. The minimum Gasteiger partial charge on any atom is -0.399 e. The first-order valence-corrected chi connectivity index (χ1v) is 7.21. The van der Waals surface area contributed by atoms with Crippen LogP contribution < -0.4 is 15.8 Å². The summed E-state index contributed by atoms with van der Waals surface area (Å²) in [7, 11) is -2.13. The summed E-state index contributed by atoms with van der Waals surface area (Å²) in [4.78, 5) is 0.175. The van der Waals surface area contributed by atoms with Gasteiger partial charge in [-0.1, -0.05) is 20.8 Å². The average Bonchev–Trinajstić information content (AvgIpc) is 2.26. The van der Waals surface area contributed by atoms with E-state index in [4.69, 9.17) is 5.73 Å². The Labute approximate surface area is 109 Å². The summed E-state index contributed by atoms with van der Waals surface area (Å²) in [6.45, 7) is 6.89. The Morgan fingerprint density at radius 1 is 1.28 bits per heavy atom. The zero-order valence-electron chi connectivity index (χ0n) is 11.2. The lowest BCUT2D eigenvalue weighted by Gasteiger charge is -2.21. The number of hydrogen-bond acceptors (Lipinski definition) is 4. The quantitative estimate of drug-likeness (QED) is 0.727. The number of nitrogen functional groups attached to an aromatic ring is 1. The summed E-state index contributed by atoms with van der Waals surface area (Å²) < 4.78 is 26.1. The number of anilines is 2. The zero-order chi connectivity index (χ0) is 14.0. The molecule has 5 nitrogen and oxygen atoms in total. The average molecular weight is 271 g/mol. The number of sulfonamides is 1. The molecule has 0 aliphatic carbocycles. The molecule has 102 valence electrons. The minimum absolute atomic E-state index is 0.0576. The molecular formula is C12H21N3O2S. The van der Waals surface area contributed by atoms with Crippen LogP contribution in [0, 0.1) is 5.41 Å². The van der Waals surface area contributed by atoms with Crippen molar-refractivity contribution in [2.75, 3.05) is 24.6 Å². The fraction of sp³-hybridized carbons (Fsp3) is 0.500. The molecule has 0 aliphatic heterocycles. The molecule has 0 spiro atoms. The van der Waals surface area contributed by atoms with Gasteiger partial charge in [-0.15, -0.1) is 0 Å². The standard InChI is InChI=1S/C12H21N3O2S/c1-12(2,3)8-15-10-6-5-9(13)7-11(10)18(16,17)14-4/h5-7,14-15H,8,13H2,1-4H3. The lowest BCUT2D eigenvalue weighted by atomic mass is 9.97.